The summed E-state index contributed by atoms with van der Waals surface area (Å²) in [6.07, 6.45) is 8.20. The molecule has 0 saturated heterocycles. The molecule has 0 radical (unpaired) electrons. The third-order valence-corrected chi connectivity index (χ3v) is 3.89. The van der Waals surface area contributed by atoms with Gasteiger partial charge in [-0.3, -0.25) is 4.79 Å². The molecule has 1 nitrogen and oxygen atoms in total. The average Bonchev–Trinajstić information content (AvgIpc) is 2.66. The first-order valence-electron chi connectivity index (χ1n) is 6.95. The van der Waals surface area contributed by atoms with E-state index in [2.05, 4.69) is 13.0 Å². The Morgan fingerprint density at radius 2 is 1.76 bits per heavy atom. The van der Waals surface area contributed by atoms with Gasteiger partial charge in [-0.05, 0) is 24.8 Å². The third kappa shape index (κ3) is 2.96. The van der Waals surface area contributed by atoms with Gasteiger partial charge in [-0.2, -0.15) is 0 Å². The zero-order valence-corrected chi connectivity index (χ0v) is 10.7. The molecule has 2 rings (SSSR count). The van der Waals surface area contributed by atoms with E-state index >= 15 is 0 Å². The Morgan fingerprint density at radius 1 is 1.12 bits per heavy atom. The van der Waals surface area contributed by atoms with Crippen molar-refractivity contribution in [2.24, 2.45) is 5.92 Å². The van der Waals surface area contributed by atoms with Crippen LogP contribution in [0.1, 0.15) is 61.4 Å². The molecule has 0 heterocycles. The molecular weight excluding hydrogens is 208 g/mol. The first-order valence-corrected chi connectivity index (χ1v) is 6.95. The summed E-state index contributed by atoms with van der Waals surface area (Å²) in [5.74, 6) is 0.676. The average molecular weight is 230 g/mol. The molecule has 1 aliphatic carbocycles. The highest BCUT2D eigenvalue weighted by atomic mass is 16.1. The van der Waals surface area contributed by atoms with Gasteiger partial charge in [0, 0.05) is 11.5 Å². The van der Waals surface area contributed by atoms with Crippen LogP contribution in [0.5, 0.6) is 0 Å². The van der Waals surface area contributed by atoms with Crippen LogP contribution in [0.2, 0.25) is 0 Å². The highest BCUT2D eigenvalue weighted by molar-refractivity contribution is 5.99. The SMILES string of the molecule is CCc1ccccc1C(=O)C1CCCCCC1. The molecule has 0 spiro atoms. The molecule has 0 bridgehead atoms. The van der Waals surface area contributed by atoms with Crippen molar-refractivity contribution in [1.29, 1.82) is 0 Å². The third-order valence-electron chi connectivity index (χ3n) is 3.89. The maximum atomic E-state index is 12.5. The summed E-state index contributed by atoms with van der Waals surface area (Å²) in [5.41, 5.74) is 2.18. The highest BCUT2D eigenvalue weighted by Gasteiger charge is 2.22. The standard InChI is InChI=1S/C16H22O/c1-2-13-9-7-8-12-15(13)16(17)14-10-5-3-4-6-11-14/h7-9,12,14H,2-6,10-11H2,1H3. The lowest BCUT2D eigenvalue weighted by molar-refractivity contribution is 0.0907. The van der Waals surface area contributed by atoms with Crippen molar-refractivity contribution in [3.05, 3.63) is 35.4 Å². The van der Waals surface area contributed by atoms with Crippen LogP contribution in [0, 0.1) is 5.92 Å². The zero-order chi connectivity index (χ0) is 12.1. The van der Waals surface area contributed by atoms with Gasteiger partial charge in [0.2, 0.25) is 0 Å². The molecule has 0 atom stereocenters. The minimum Gasteiger partial charge on any atom is -0.294 e. The summed E-state index contributed by atoms with van der Waals surface area (Å²) in [6, 6.07) is 8.11. The van der Waals surface area contributed by atoms with Crippen LogP contribution in [0.3, 0.4) is 0 Å². The number of benzene rings is 1. The summed E-state index contributed by atoms with van der Waals surface area (Å²) in [4.78, 5) is 12.5. The predicted octanol–water partition coefficient (Wildman–Crippen LogP) is 4.40. The molecule has 0 unspecified atom stereocenters. The Morgan fingerprint density at radius 3 is 2.41 bits per heavy atom. The second-order valence-electron chi connectivity index (χ2n) is 5.06. The summed E-state index contributed by atoms with van der Waals surface area (Å²) >= 11 is 0. The van der Waals surface area contributed by atoms with Crippen LogP contribution in [0.4, 0.5) is 0 Å². The molecule has 92 valence electrons. The summed E-state index contributed by atoms with van der Waals surface area (Å²) in [6.45, 7) is 2.12. The molecule has 0 N–H and O–H groups in total. The Kier molecular flexibility index (Phi) is 4.36. The molecule has 1 aromatic rings. The second kappa shape index (κ2) is 6.00. The van der Waals surface area contributed by atoms with Crippen molar-refractivity contribution >= 4 is 5.78 Å². The first-order chi connectivity index (χ1) is 8.33. The number of carbonyl (C=O) groups is 1. The summed E-state index contributed by atoms with van der Waals surface area (Å²) < 4.78 is 0. The number of carbonyl (C=O) groups excluding carboxylic acids is 1. The fourth-order valence-electron chi connectivity index (χ4n) is 2.83. The van der Waals surface area contributed by atoms with Crippen molar-refractivity contribution in [2.45, 2.75) is 51.9 Å². The van der Waals surface area contributed by atoms with Gasteiger partial charge in [0.15, 0.2) is 5.78 Å². The van der Waals surface area contributed by atoms with Crippen molar-refractivity contribution in [3.8, 4) is 0 Å². The number of ketones is 1. The van der Waals surface area contributed by atoms with Crippen molar-refractivity contribution in [1.82, 2.24) is 0 Å². The van der Waals surface area contributed by atoms with Gasteiger partial charge in [-0.1, -0.05) is 56.9 Å². The fraction of sp³-hybridized carbons (Fsp3) is 0.562. The monoisotopic (exact) mass is 230 g/mol. The summed E-state index contributed by atoms with van der Waals surface area (Å²) in [5, 5.41) is 0. The largest absolute Gasteiger partial charge is 0.294 e. The van der Waals surface area contributed by atoms with Crippen molar-refractivity contribution < 1.29 is 4.79 Å². The van der Waals surface area contributed by atoms with Crippen LogP contribution < -0.4 is 0 Å². The fourth-order valence-corrected chi connectivity index (χ4v) is 2.83. The van der Waals surface area contributed by atoms with E-state index in [1.165, 1.54) is 31.2 Å². The zero-order valence-electron chi connectivity index (χ0n) is 10.7. The van der Waals surface area contributed by atoms with Crippen LogP contribution >= 0.6 is 0 Å². The summed E-state index contributed by atoms with van der Waals surface area (Å²) in [7, 11) is 0. The minimum absolute atomic E-state index is 0.283. The quantitative estimate of drug-likeness (QED) is 0.555. The van der Waals surface area contributed by atoms with E-state index in [0.717, 1.165) is 24.8 Å². The molecule has 17 heavy (non-hydrogen) atoms. The highest BCUT2D eigenvalue weighted by Crippen LogP contribution is 2.27. The van der Waals surface area contributed by atoms with E-state index in [1.807, 2.05) is 18.2 Å². The normalized spacial score (nSPS) is 17.7. The molecule has 1 saturated carbocycles. The van der Waals surface area contributed by atoms with Gasteiger partial charge in [0.05, 0.1) is 0 Å². The van der Waals surface area contributed by atoms with E-state index in [9.17, 15) is 4.79 Å². The number of rotatable bonds is 3. The van der Waals surface area contributed by atoms with Gasteiger partial charge < -0.3 is 0 Å². The maximum absolute atomic E-state index is 12.5. The minimum atomic E-state index is 0.283. The number of aryl methyl sites for hydroxylation is 1. The Balaban J connectivity index is 2.17. The molecule has 1 aliphatic rings. The van der Waals surface area contributed by atoms with Crippen molar-refractivity contribution in [2.75, 3.05) is 0 Å². The van der Waals surface area contributed by atoms with Crippen LogP contribution in [-0.4, -0.2) is 5.78 Å². The van der Waals surface area contributed by atoms with Crippen LogP contribution in [0.15, 0.2) is 24.3 Å². The van der Waals surface area contributed by atoms with Gasteiger partial charge >= 0.3 is 0 Å². The van der Waals surface area contributed by atoms with Gasteiger partial charge in [-0.15, -0.1) is 0 Å². The lowest BCUT2D eigenvalue weighted by atomic mass is 9.88. The van der Waals surface area contributed by atoms with Crippen LogP contribution in [0.25, 0.3) is 0 Å². The molecule has 1 heteroatoms. The second-order valence-corrected chi connectivity index (χ2v) is 5.06. The Hall–Kier alpha value is -1.11. The molecule has 1 aromatic carbocycles. The first kappa shape index (κ1) is 12.3. The van der Waals surface area contributed by atoms with E-state index < -0.39 is 0 Å². The van der Waals surface area contributed by atoms with Gasteiger partial charge in [0.1, 0.15) is 0 Å². The molecule has 0 aliphatic heterocycles. The lowest BCUT2D eigenvalue weighted by Crippen LogP contribution is -2.15. The molecule has 0 aromatic heterocycles. The Labute approximate surface area is 104 Å². The van der Waals surface area contributed by atoms with Gasteiger partial charge in [-0.25, -0.2) is 0 Å². The lowest BCUT2D eigenvalue weighted by Gasteiger charge is -2.15. The number of hydrogen-bond donors (Lipinski definition) is 0. The number of Topliss-reactive ketones (excluding diaryl/α,β-unsaturated/α-hetero) is 1. The number of hydrogen-bond acceptors (Lipinski definition) is 1. The van der Waals surface area contributed by atoms with Crippen LogP contribution in [-0.2, 0) is 6.42 Å². The topological polar surface area (TPSA) is 17.1 Å². The van der Waals surface area contributed by atoms with Crippen molar-refractivity contribution in [3.63, 3.8) is 0 Å². The molecular formula is C16H22O. The smallest absolute Gasteiger partial charge is 0.166 e. The van der Waals surface area contributed by atoms with Gasteiger partial charge in [0.25, 0.3) is 0 Å². The van der Waals surface area contributed by atoms with E-state index in [-0.39, 0.29) is 5.92 Å². The molecule has 0 amide bonds. The van der Waals surface area contributed by atoms with E-state index in [0.29, 0.717) is 5.78 Å². The predicted molar refractivity (Wildman–Crippen MR) is 71.3 cm³/mol. The maximum Gasteiger partial charge on any atom is 0.166 e. The van der Waals surface area contributed by atoms with E-state index in [1.54, 1.807) is 0 Å². The molecule has 1 fully saturated rings. The van der Waals surface area contributed by atoms with E-state index in [4.69, 9.17) is 0 Å². The Bertz CT molecular complexity index is 373.